The Morgan fingerprint density at radius 2 is 1.78 bits per heavy atom. The molecule has 105 valence electrons. The molecule has 1 fully saturated rings. The third-order valence-electron chi connectivity index (χ3n) is 3.52. The molecule has 0 aliphatic carbocycles. The molecule has 0 spiro atoms. The largest absolute Gasteiger partial charge is 0.396 e. The first-order valence-corrected chi connectivity index (χ1v) is 6.57. The van der Waals surface area contributed by atoms with Crippen LogP contribution >= 0.6 is 0 Å². The average molecular weight is 257 g/mol. The monoisotopic (exact) mass is 257 g/mol. The zero-order chi connectivity index (χ0) is 14.0. The number of aliphatic hydroxyl groups is 1. The molecule has 1 radical (unpaired) electrons. The molecule has 1 aliphatic rings. The first-order chi connectivity index (χ1) is 8.19. The molecule has 1 heterocycles. The zero-order valence-corrected chi connectivity index (χ0v) is 11.8. The normalized spacial score (nSPS) is 23.9. The highest BCUT2D eigenvalue weighted by molar-refractivity contribution is 5.76. The van der Waals surface area contributed by atoms with E-state index in [9.17, 15) is 10.0 Å². The van der Waals surface area contributed by atoms with Crippen molar-refractivity contribution < 1.29 is 15.1 Å². The standard InChI is InChI=1S/C13H25N2O3/c1-12(2)8-10(9-13(3,4)15(12)18)14-11(17)6-5-7-16/h10,16H,5-9H2,1-4H3,(H,14,17). The Morgan fingerprint density at radius 3 is 2.22 bits per heavy atom. The van der Waals surface area contributed by atoms with Crippen LogP contribution in [0.3, 0.4) is 0 Å². The summed E-state index contributed by atoms with van der Waals surface area (Å²) in [4.78, 5) is 11.7. The van der Waals surface area contributed by atoms with Crippen LogP contribution in [0.2, 0.25) is 0 Å². The maximum Gasteiger partial charge on any atom is 0.220 e. The lowest BCUT2D eigenvalue weighted by Gasteiger charge is -2.50. The molecule has 0 aromatic heterocycles. The number of hydrogen-bond acceptors (Lipinski definition) is 3. The van der Waals surface area contributed by atoms with E-state index in [2.05, 4.69) is 5.32 Å². The molecule has 0 unspecified atom stereocenters. The van der Waals surface area contributed by atoms with Crippen molar-refractivity contribution in [1.29, 1.82) is 0 Å². The van der Waals surface area contributed by atoms with Crippen LogP contribution in [0.25, 0.3) is 0 Å². The topological polar surface area (TPSA) is 72.5 Å². The summed E-state index contributed by atoms with van der Waals surface area (Å²) >= 11 is 0. The minimum absolute atomic E-state index is 0.0312. The van der Waals surface area contributed by atoms with E-state index in [1.54, 1.807) is 0 Å². The molecule has 0 aromatic rings. The van der Waals surface area contributed by atoms with Crippen LogP contribution < -0.4 is 5.32 Å². The maximum atomic E-state index is 12.1. The van der Waals surface area contributed by atoms with E-state index in [-0.39, 0.29) is 18.6 Å². The van der Waals surface area contributed by atoms with Gasteiger partial charge in [0.05, 0.1) is 0 Å². The number of rotatable bonds is 4. The molecule has 1 rings (SSSR count). The number of piperidine rings is 1. The van der Waals surface area contributed by atoms with Crippen molar-refractivity contribution in [2.24, 2.45) is 0 Å². The summed E-state index contributed by atoms with van der Waals surface area (Å²) in [5.41, 5.74) is -0.923. The molecule has 5 heteroatoms. The number of carbonyl (C=O) groups excluding carboxylic acids is 1. The van der Waals surface area contributed by atoms with Gasteiger partial charge in [-0.2, -0.15) is 0 Å². The third-order valence-corrected chi connectivity index (χ3v) is 3.52. The molecule has 0 aromatic carbocycles. The molecular formula is C13H25N2O3. The Hall–Kier alpha value is -0.650. The summed E-state index contributed by atoms with van der Waals surface area (Å²) in [7, 11) is 0. The number of hydroxylamine groups is 2. The molecule has 1 saturated heterocycles. The van der Waals surface area contributed by atoms with Gasteiger partial charge in [-0.1, -0.05) is 0 Å². The number of aliphatic hydroxyl groups excluding tert-OH is 1. The van der Waals surface area contributed by atoms with Crippen molar-refractivity contribution in [3.63, 3.8) is 0 Å². The van der Waals surface area contributed by atoms with Crippen molar-refractivity contribution in [2.75, 3.05) is 6.61 Å². The summed E-state index contributed by atoms with van der Waals surface area (Å²) in [6.07, 6.45) is 2.14. The van der Waals surface area contributed by atoms with Gasteiger partial charge in [-0.25, -0.2) is 0 Å². The van der Waals surface area contributed by atoms with Gasteiger partial charge in [0.15, 0.2) is 0 Å². The quantitative estimate of drug-likeness (QED) is 0.796. The van der Waals surface area contributed by atoms with Gasteiger partial charge in [0.25, 0.3) is 0 Å². The number of carbonyl (C=O) groups is 1. The van der Waals surface area contributed by atoms with Gasteiger partial charge >= 0.3 is 0 Å². The first-order valence-electron chi connectivity index (χ1n) is 6.57. The fourth-order valence-electron chi connectivity index (χ4n) is 2.90. The summed E-state index contributed by atoms with van der Waals surface area (Å²) in [6, 6.07) is 0.0337. The summed E-state index contributed by atoms with van der Waals surface area (Å²) in [6.45, 7) is 7.67. The molecule has 0 bridgehead atoms. The second-order valence-corrected chi connectivity index (χ2v) is 6.42. The fraction of sp³-hybridized carbons (Fsp3) is 0.923. The fourth-order valence-corrected chi connectivity index (χ4v) is 2.90. The number of hydrogen-bond donors (Lipinski definition) is 2. The molecule has 1 amide bonds. The van der Waals surface area contributed by atoms with E-state index in [0.29, 0.717) is 25.7 Å². The Morgan fingerprint density at radius 1 is 1.28 bits per heavy atom. The number of amides is 1. The summed E-state index contributed by atoms with van der Waals surface area (Å²) in [5.74, 6) is -0.0417. The van der Waals surface area contributed by atoms with Crippen LogP contribution in [0.1, 0.15) is 53.4 Å². The van der Waals surface area contributed by atoms with Crippen LogP contribution in [-0.4, -0.2) is 39.8 Å². The highest BCUT2D eigenvalue weighted by atomic mass is 16.5. The van der Waals surface area contributed by atoms with Crippen LogP contribution in [-0.2, 0) is 10.0 Å². The van der Waals surface area contributed by atoms with E-state index in [1.807, 2.05) is 27.7 Å². The molecule has 0 saturated carbocycles. The van der Waals surface area contributed by atoms with E-state index < -0.39 is 11.1 Å². The lowest BCUT2D eigenvalue weighted by Crippen LogP contribution is -2.62. The first kappa shape index (κ1) is 15.4. The van der Waals surface area contributed by atoms with Crippen LogP contribution in [0.15, 0.2) is 0 Å². The van der Waals surface area contributed by atoms with Gasteiger partial charge in [0, 0.05) is 30.1 Å². The van der Waals surface area contributed by atoms with Crippen molar-refractivity contribution in [3.05, 3.63) is 0 Å². The Labute approximate surface area is 109 Å². The summed E-state index contributed by atoms with van der Waals surface area (Å²) in [5, 5.41) is 25.0. The summed E-state index contributed by atoms with van der Waals surface area (Å²) < 4.78 is 0. The van der Waals surface area contributed by atoms with Gasteiger partial charge in [-0.3, -0.25) is 4.79 Å². The number of nitrogens with one attached hydrogen (secondary N) is 1. The van der Waals surface area contributed by atoms with E-state index >= 15 is 0 Å². The van der Waals surface area contributed by atoms with Crippen molar-refractivity contribution in [3.8, 4) is 0 Å². The number of nitrogens with zero attached hydrogens (tertiary/aromatic N) is 1. The minimum atomic E-state index is -0.462. The molecular weight excluding hydrogens is 232 g/mol. The van der Waals surface area contributed by atoms with Gasteiger partial charge in [-0.05, 0) is 47.0 Å². The van der Waals surface area contributed by atoms with Crippen molar-refractivity contribution in [1.82, 2.24) is 10.4 Å². The Bertz CT molecular complexity index is 285. The molecule has 2 N–H and O–H groups in total. The second kappa shape index (κ2) is 5.55. The van der Waals surface area contributed by atoms with E-state index in [4.69, 9.17) is 5.11 Å². The smallest absolute Gasteiger partial charge is 0.220 e. The van der Waals surface area contributed by atoms with Gasteiger partial charge < -0.3 is 10.4 Å². The van der Waals surface area contributed by atoms with Crippen molar-refractivity contribution >= 4 is 5.91 Å². The average Bonchev–Trinajstić information content (AvgIpc) is 2.22. The predicted octanol–water partition coefficient (Wildman–Crippen LogP) is 1.24. The highest BCUT2D eigenvalue weighted by Gasteiger charge is 2.46. The predicted molar refractivity (Wildman–Crippen MR) is 68.2 cm³/mol. The van der Waals surface area contributed by atoms with Crippen LogP contribution in [0.5, 0.6) is 0 Å². The van der Waals surface area contributed by atoms with Crippen LogP contribution in [0.4, 0.5) is 0 Å². The lowest BCUT2D eigenvalue weighted by atomic mass is 9.79. The molecule has 1 aliphatic heterocycles. The Kier molecular flexibility index (Phi) is 4.75. The van der Waals surface area contributed by atoms with Gasteiger partial charge in [-0.15, -0.1) is 10.3 Å². The lowest BCUT2D eigenvalue weighted by molar-refractivity contribution is -0.290. The molecule has 18 heavy (non-hydrogen) atoms. The molecule has 0 atom stereocenters. The maximum absolute atomic E-state index is 12.1. The highest BCUT2D eigenvalue weighted by Crippen LogP contribution is 2.36. The van der Waals surface area contributed by atoms with Crippen LogP contribution in [0, 0.1) is 0 Å². The minimum Gasteiger partial charge on any atom is -0.396 e. The Balaban J connectivity index is 2.61. The SMILES string of the molecule is CC1(C)CC(NC(=O)CCCO)CC(C)(C)N1[O]. The van der Waals surface area contributed by atoms with E-state index in [1.165, 1.54) is 0 Å². The van der Waals surface area contributed by atoms with E-state index in [0.717, 1.165) is 5.06 Å². The molecule has 5 nitrogen and oxygen atoms in total. The van der Waals surface area contributed by atoms with Gasteiger partial charge in [0.1, 0.15) is 0 Å². The van der Waals surface area contributed by atoms with Crippen molar-refractivity contribution in [2.45, 2.75) is 70.5 Å². The van der Waals surface area contributed by atoms with Gasteiger partial charge in [0.2, 0.25) is 5.91 Å². The third kappa shape index (κ3) is 3.67. The zero-order valence-electron chi connectivity index (χ0n) is 11.8. The second-order valence-electron chi connectivity index (χ2n) is 6.42.